The molecule has 1 N–H and O–H groups in total. The first kappa shape index (κ1) is 16.0. The van der Waals surface area contributed by atoms with E-state index in [9.17, 15) is 4.79 Å². The summed E-state index contributed by atoms with van der Waals surface area (Å²) in [5, 5.41) is 3.07. The second-order valence-corrected chi connectivity index (χ2v) is 6.35. The molecule has 1 heterocycles. The predicted octanol–water partition coefficient (Wildman–Crippen LogP) is 2.96. The van der Waals surface area contributed by atoms with Gasteiger partial charge >= 0.3 is 0 Å². The second-order valence-electron chi connectivity index (χ2n) is 5.73. The first-order valence-electron chi connectivity index (χ1n) is 6.83. The molecular weight excluding hydrogens is 262 g/mol. The van der Waals surface area contributed by atoms with Crippen molar-refractivity contribution in [2.45, 2.75) is 46.0 Å². The fourth-order valence-electron chi connectivity index (χ4n) is 1.91. The third-order valence-corrected chi connectivity index (χ3v) is 3.03. The molecule has 0 aliphatic rings. The normalized spacial score (nSPS) is 13.0. The van der Waals surface area contributed by atoms with Gasteiger partial charge in [-0.1, -0.05) is 27.7 Å². The molecule has 0 aliphatic heterocycles. The molecule has 0 aliphatic carbocycles. The van der Waals surface area contributed by atoms with Gasteiger partial charge in [0.05, 0.1) is 5.38 Å². The molecule has 1 rings (SSSR count). The molecule has 5 heteroatoms. The van der Waals surface area contributed by atoms with Crippen LogP contribution in [-0.2, 0) is 6.54 Å². The highest BCUT2D eigenvalue weighted by Crippen LogP contribution is 2.10. The summed E-state index contributed by atoms with van der Waals surface area (Å²) in [5.74, 6) is 1.36. The van der Waals surface area contributed by atoms with Gasteiger partial charge in [0, 0.05) is 25.5 Å². The molecule has 108 valence electrons. The molecule has 0 amide bonds. The maximum absolute atomic E-state index is 12.1. The highest BCUT2D eigenvalue weighted by molar-refractivity contribution is 6.20. The Balaban J connectivity index is 2.66. The molecule has 1 atom stereocenters. The van der Waals surface area contributed by atoms with Crippen molar-refractivity contribution in [2.24, 2.45) is 11.8 Å². The number of aromatic nitrogens is 2. The number of halogens is 1. The summed E-state index contributed by atoms with van der Waals surface area (Å²) in [4.78, 5) is 16.2. The minimum atomic E-state index is -0.0791. The van der Waals surface area contributed by atoms with E-state index < -0.39 is 0 Å². The Morgan fingerprint density at radius 3 is 2.58 bits per heavy atom. The van der Waals surface area contributed by atoms with Crippen LogP contribution in [0.1, 0.15) is 34.1 Å². The smallest absolute Gasteiger partial charge is 0.293 e. The molecule has 19 heavy (non-hydrogen) atoms. The monoisotopic (exact) mass is 285 g/mol. The van der Waals surface area contributed by atoms with Crippen molar-refractivity contribution < 1.29 is 0 Å². The van der Waals surface area contributed by atoms with E-state index in [4.69, 9.17) is 11.6 Å². The number of nitrogens with one attached hydrogen (secondary N) is 1. The molecule has 0 saturated carbocycles. The number of hydrogen-bond donors (Lipinski definition) is 1. The Morgan fingerprint density at radius 2 is 2.00 bits per heavy atom. The van der Waals surface area contributed by atoms with Crippen LogP contribution >= 0.6 is 11.6 Å². The van der Waals surface area contributed by atoms with Crippen LogP contribution in [0.5, 0.6) is 0 Å². The number of alkyl halides is 1. The molecule has 0 radical (unpaired) electrons. The molecule has 1 aromatic rings. The van der Waals surface area contributed by atoms with Crippen molar-refractivity contribution in [3.05, 3.63) is 22.7 Å². The standard InChI is InChI=1S/C14H24ClN3O/c1-10(2)7-12(15)8-17-13-14(19)18(6-5-16-13)9-11(3)4/h5-6,10-12H,7-9H2,1-4H3,(H,16,17). The lowest BCUT2D eigenvalue weighted by atomic mass is 10.1. The summed E-state index contributed by atoms with van der Waals surface area (Å²) in [5.41, 5.74) is -0.0791. The van der Waals surface area contributed by atoms with Crippen molar-refractivity contribution in [1.82, 2.24) is 9.55 Å². The third-order valence-electron chi connectivity index (χ3n) is 2.69. The fourth-order valence-corrected chi connectivity index (χ4v) is 2.34. The van der Waals surface area contributed by atoms with Crippen molar-refractivity contribution in [1.29, 1.82) is 0 Å². The van der Waals surface area contributed by atoms with Gasteiger partial charge in [-0.05, 0) is 18.3 Å². The molecule has 0 bridgehead atoms. The number of nitrogens with zero attached hydrogens (tertiary/aromatic N) is 2. The van der Waals surface area contributed by atoms with E-state index in [0.29, 0.717) is 30.7 Å². The average Bonchev–Trinajstić information content (AvgIpc) is 2.29. The second kappa shape index (κ2) is 7.53. The van der Waals surface area contributed by atoms with Crippen molar-refractivity contribution in [3.63, 3.8) is 0 Å². The quantitative estimate of drug-likeness (QED) is 0.784. The summed E-state index contributed by atoms with van der Waals surface area (Å²) in [6, 6.07) is 0. The minimum Gasteiger partial charge on any atom is -0.364 e. The van der Waals surface area contributed by atoms with Gasteiger partial charge in [0.1, 0.15) is 0 Å². The topological polar surface area (TPSA) is 46.9 Å². The Labute approximate surface area is 120 Å². The summed E-state index contributed by atoms with van der Waals surface area (Å²) < 4.78 is 1.69. The third kappa shape index (κ3) is 5.64. The zero-order valence-corrected chi connectivity index (χ0v) is 12.9. The van der Waals surface area contributed by atoms with E-state index in [-0.39, 0.29) is 10.9 Å². The summed E-state index contributed by atoms with van der Waals surface area (Å²) >= 11 is 6.20. The van der Waals surface area contributed by atoms with Gasteiger partial charge in [-0.3, -0.25) is 4.79 Å². The first-order chi connectivity index (χ1) is 8.90. The van der Waals surface area contributed by atoms with Crippen LogP contribution in [0.2, 0.25) is 0 Å². The minimum absolute atomic E-state index is 0.0138. The molecule has 0 fully saturated rings. The van der Waals surface area contributed by atoms with Crippen molar-refractivity contribution >= 4 is 17.4 Å². The number of hydrogen-bond acceptors (Lipinski definition) is 3. The van der Waals surface area contributed by atoms with Crippen LogP contribution in [0.25, 0.3) is 0 Å². The van der Waals surface area contributed by atoms with Gasteiger partial charge < -0.3 is 9.88 Å². The number of rotatable bonds is 7. The lowest BCUT2D eigenvalue weighted by molar-refractivity contribution is 0.509. The molecule has 4 nitrogen and oxygen atoms in total. The maximum atomic E-state index is 12.1. The molecule has 0 spiro atoms. The van der Waals surface area contributed by atoms with Crippen LogP contribution in [0, 0.1) is 11.8 Å². The van der Waals surface area contributed by atoms with E-state index in [2.05, 4.69) is 38.0 Å². The fraction of sp³-hybridized carbons (Fsp3) is 0.714. The van der Waals surface area contributed by atoms with Crippen LogP contribution in [0.4, 0.5) is 5.82 Å². The Kier molecular flexibility index (Phi) is 6.35. The van der Waals surface area contributed by atoms with E-state index in [0.717, 1.165) is 6.42 Å². The number of anilines is 1. The summed E-state index contributed by atoms with van der Waals surface area (Å²) in [6.07, 6.45) is 4.29. The first-order valence-corrected chi connectivity index (χ1v) is 7.27. The van der Waals surface area contributed by atoms with Gasteiger partial charge in [0.2, 0.25) is 0 Å². The zero-order chi connectivity index (χ0) is 14.4. The average molecular weight is 286 g/mol. The van der Waals surface area contributed by atoms with Crippen LogP contribution in [0.15, 0.2) is 17.2 Å². The molecule has 0 aromatic carbocycles. The largest absolute Gasteiger partial charge is 0.364 e. The van der Waals surface area contributed by atoms with Gasteiger partial charge in [0.25, 0.3) is 5.56 Å². The lowest BCUT2D eigenvalue weighted by Crippen LogP contribution is -2.28. The van der Waals surface area contributed by atoms with Crippen molar-refractivity contribution in [3.8, 4) is 0 Å². The maximum Gasteiger partial charge on any atom is 0.293 e. The zero-order valence-electron chi connectivity index (χ0n) is 12.2. The Morgan fingerprint density at radius 1 is 1.32 bits per heavy atom. The van der Waals surface area contributed by atoms with Crippen LogP contribution < -0.4 is 10.9 Å². The molecule has 1 aromatic heterocycles. The molecule has 1 unspecified atom stereocenters. The van der Waals surface area contributed by atoms with E-state index in [1.165, 1.54) is 0 Å². The Bertz CT molecular complexity index is 443. The summed E-state index contributed by atoms with van der Waals surface area (Å²) in [7, 11) is 0. The summed E-state index contributed by atoms with van der Waals surface area (Å²) in [6.45, 7) is 9.69. The van der Waals surface area contributed by atoms with Gasteiger partial charge in [-0.25, -0.2) is 4.98 Å². The van der Waals surface area contributed by atoms with Crippen molar-refractivity contribution in [2.75, 3.05) is 11.9 Å². The molecular formula is C14H24ClN3O. The highest BCUT2D eigenvalue weighted by Gasteiger charge is 2.10. The molecule has 0 saturated heterocycles. The van der Waals surface area contributed by atoms with Crippen LogP contribution in [0.3, 0.4) is 0 Å². The predicted molar refractivity (Wildman–Crippen MR) is 80.9 cm³/mol. The Hall–Kier alpha value is -1.03. The van der Waals surface area contributed by atoms with E-state index in [1.54, 1.807) is 17.0 Å². The van der Waals surface area contributed by atoms with E-state index in [1.807, 2.05) is 0 Å². The SMILES string of the molecule is CC(C)CC(Cl)CNc1nccn(CC(C)C)c1=O. The highest BCUT2D eigenvalue weighted by atomic mass is 35.5. The van der Waals surface area contributed by atoms with Gasteiger partial charge in [0.15, 0.2) is 5.82 Å². The van der Waals surface area contributed by atoms with Crippen LogP contribution in [-0.4, -0.2) is 21.5 Å². The van der Waals surface area contributed by atoms with Gasteiger partial charge in [-0.15, -0.1) is 11.6 Å². The van der Waals surface area contributed by atoms with Gasteiger partial charge in [-0.2, -0.15) is 0 Å². The lowest BCUT2D eigenvalue weighted by Gasteiger charge is -2.14. The van der Waals surface area contributed by atoms with E-state index >= 15 is 0 Å².